The number of amides is 2. The van der Waals surface area contributed by atoms with Gasteiger partial charge in [-0.15, -0.1) is 0 Å². The number of pyridine rings is 1. The van der Waals surface area contributed by atoms with Gasteiger partial charge < -0.3 is 10.2 Å². The van der Waals surface area contributed by atoms with Gasteiger partial charge in [0.1, 0.15) is 0 Å². The Balaban J connectivity index is 1.62. The fourth-order valence-corrected chi connectivity index (χ4v) is 3.29. The van der Waals surface area contributed by atoms with Crippen LogP contribution in [0.4, 0.5) is 0 Å². The molecule has 0 bridgehead atoms. The Labute approximate surface area is 155 Å². The van der Waals surface area contributed by atoms with Crippen molar-refractivity contribution in [2.24, 2.45) is 0 Å². The van der Waals surface area contributed by atoms with E-state index in [2.05, 4.69) is 10.3 Å². The van der Waals surface area contributed by atoms with Crippen LogP contribution in [0.25, 0.3) is 0 Å². The van der Waals surface area contributed by atoms with E-state index in [0.29, 0.717) is 22.2 Å². The number of halogens is 2. The highest BCUT2D eigenvalue weighted by Gasteiger charge is 2.29. The van der Waals surface area contributed by atoms with Crippen molar-refractivity contribution >= 4 is 35.0 Å². The Hall–Kier alpha value is -2.11. The molecule has 0 radical (unpaired) electrons. The fourth-order valence-electron chi connectivity index (χ4n) is 2.99. The molecule has 1 aromatic heterocycles. The maximum atomic E-state index is 12.5. The number of benzene rings is 1. The number of carbonyl (C=O) groups is 2. The molecular formula is C18H17Cl2N3O2. The zero-order chi connectivity index (χ0) is 17.8. The molecule has 2 heterocycles. The lowest BCUT2D eigenvalue weighted by Gasteiger charge is -2.25. The van der Waals surface area contributed by atoms with E-state index in [4.69, 9.17) is 23.2 Å². The summed E-state index contributed by atoms with van der Waals surface area (Å²) >= 11 is 11.8. The first-order chi connectivity index (χ1) is 12.1. The lowest BCUT2D eigenvalue weighted by molar-refractivity contribution is -0.131. The van der Waals surface area contributed by atoms with E-state index < -0.39 is 0 Å². The summed E-state index contributed by atoms with van der Waals surface area (Å²) in [5.74, 6) is -0.459. The molecule has 7 heteroatoms. The molecule has 5 nitrogen and oxygen atoms in total. The predicted octanol–water partition coefficient (Wildman–Crippen LogP) is 3.48. The van der Waals surface area contributed by atoms with Crippen LogP contribution >= 0.6 is 23.2 Å². The second-order valence-electron chi connectivity index (χ2n) is 5.84. The molecule has 25 heavy (non-hydrogen) atoms. The van der Waals surface area contributed by atoms with Gasteiger partial charge in [-0.3, -0.25) is 14.6 Å². The highest BCUT2D eigenvalue weighted by Crippen LogP contribution is 2.31. The molecule has 1 aliphatic rings. The van der Waals surface area contributed by atoms with Gasteiger partial charge in [0.25, 0.3) is 5.91 Å². The van der Waals surface area contributed by atoms with Crippen molar-refractivity contribution in [1.29, 1.82) is 0 Å². The summed E-state index contributed by atoms with van der Waals surface area (Å²) in [6.07, 6.45) is 5.31. The Morgan fingerprint density at radius 2 is 1.92 bits per heavy atom. The van der Waals surface area contributed by atoms with Gasteiger partial charge >= 0.3 is 0 Å². The standard InChI is InChI=1S/C18H17Cl2N3O2/c19-14-4-3-13(10-15(14)20)18(25)22-11-17(24)23-9-1-2-16(23)12-5-7-21-8-6-12/h3-8,10,16H,1-2,9,11H2,(H,22,25)/t16-/m0/s1. The SMILES string of the molecule is O=C(NCC(=O)N1CCC[C@H]1c1ccncc1)c1ccc(Cl)c(Cl)c1. The van der Waals surface area contributed by atoms with Crippen LogP contribution in [0.5, 0.6) is 0 Å². The lowest BCUT2D eigenvalue weighted by atomic mass is 10.1. The molecule has 1 fully saturated rings. The van der Waals surface area contributed by atoms with E-state index in [1.54, 1.807) is 24.5 Å². The lowest BCUT2D eigenvalue weighted by Crippen LogP contribution is -2.39. The predicted molar refractivity (Wildman–Crippen MR) is 96.7 cm³/mol. The molecule has 1 aliphatic heterocycles. The number of hydrogen-bond donors (Lipinski definition) is 1. The van der Waals surface area contributed by atoms with Gasteiger partial charge in [0.05, 0.1) is 22.6 Å². The largest absolute Gasteiger partial charge is 0.343 e. The van der Waals surface area contributed by atoms with E-state index in [1.807, 2.05) is 17.0 Å². The third kappa shape index (κ3) is 4.11. The van der Waals surface area contributed by atoms with Crippen LogP contribution in [-0.2, 0) is 4.79 Å². The van der Waals surface area contributed by atoms with Gasteiger partial charge in [-0.2, -0.15) is 0 Å². The van der Waals surface area contributed by atoms with Crippen molar-refractivity contribution < 1.29 is 9.59 Å². The molecule has 1 atom stereocenters. The molecule has 1 saturated heterocycles. The first kappa shape index (κ1) is 17.7. The van der Waals surface area contributed by atoms with E-state index >= 15 is 0 Å². The van der Waals surface area contributed by atoms with Crippen molar-refractivity contribution in [2.75, 3.05) is 13.1 Å². The molecule has 1 N–H and O–H groups in total. The number of rotatable bonds is 4. The van der Waals surface area contributed by atoms with E-state index in [0.717, 1.165) is 18.4 Å². The van der Waals surface area contributed by atoms with Crippen molar-refractivity contribution in [1.82, 2.24) is 15.2 Å². The molecule has 3 rings (SSSR count). The monoisotopic (exact) mass is 377 g/mol. The molecule has 0 saturated carbocycles. The van der Waals surface area contributed by atoms with Gasteiger partial charge in [-0.25, -0.2) is 0 Å². The van der Waals surface area contributed by atoms with Crippen LogP contribution in [-0.4, -0.2) is 34.8 Å². The minimum Gasteiger partial charge on any atom is -0.343 e. The summed E-state index contributed by atoms with van der Waals surface area (Å²) in [6.45, 7) is 0.634. The van der Waals surface area contributed by atoms with Crippen LogP contribution in [0.2, 0.25) is 10.0 Å². The molecule has 2 aromatic rings. The molecular weight excluding hydrogens is 361 g/mol. The number of nitrogens with one attached hydrogen (secondary N) is 1. The Morgan fingerprint density at radius 3 is 2.64 bits per heavy atom. The summed E-state index contributed by atoms with van der Waals surface area (Å²) < 4.78 is 0. The van der Waals surface area contributed by atoms with Crippen LogP contribution in [0, 0.1) is 0 Å². The van der Waals surface area contributed by atoms with Crippen LogP contribution in [0.15, 0.2) is 42.7 Å². The summed E-state index contributed by atoms with van der Waals surface area (Å²) in [4.78, 5) is 30.5. The fraction of sp³-hybridized carbons (Fsp3) is 0.278. The minimum absolute atomic E-state index is 0.0392. The third-order valence-corrected chi connectivity index (χ3v) is 4.99. The summed E-state index contributed by atoms with van der Waals surface area (Å²) in [7, 11) is 0. The van der Waals surface area contributed by atoms with Gasteiger partial charge in [0, 0.05) is 24.5 Å². The van der Waals surface area contributed by atoms with Crippen molar-refractivity contribution in [2.45, 2.75) is 18.9 Å². The quantitative estimate of drug-likeness (QED) is 0.886. The topological polar surface area (TPSA) is 62.3 Å². The van der Waals surface area contributed by atoms with Gasteiger partial charge in [-0.1, -0.05) is 23.2 Å². The highest BCUT2D eigenvalue weighted by molar-refractivity contribution is 6.42. The minimum atomic E-state index is -0.355. The average Bonchev–Trinajstić information content (AvgIpc) is 3.12. The molecule has 1 aromatic carbocycles. The molecule has 0 spiro atoms. The molecule has 130 valence electrons. The van der Waals surface area contributed by atoms with Gasteiger partial charge in [-0.05, 0) is 48.7 Å². The smallest absolute Gasteiger partial charge is 0.251 e. The Kier molecular flexibility index (Phi) is 5.56. The van der Waals surface area contributed by atoms with Crippen LogP contribution < -0.4 is 5.32 Å². The maximum Gasteiger partial charge on any atom is 0.251 e. The summed E-state index contributed by atoms with van der Waals surface area (Å²) in [6, 6.07) is 8.50. The van der Waals surface area contributed by atoms with Gasteiger partial charge in [0.15, 0.2) is 0 Å². The normalized spacial score (nSPS) is 16.7. The van der Waals surface area contributed by atoms with E-state index in [1.165, 1.54) is 6.07 Å². The van der Waals surface area contributed by atoms with Crippen LogP contribution in [0.1, 0.15) is 34.8 Å². The third-order valence-electron chi connectivity index (χ3n) is 4.25. The number of likely N-dealkylation sites (tertiary alicyclic amines) is 1. The first-order valence-corrected chi connectivity index (χ1v) is 8.74. The number of hydrogen-bond acceptors (Lipinski definition) is 3. The summed E-state index contributed by atoms with van der Waals surface area (Å²) in [5, 5.41) is 3.33. The molecule has 0 aliphatic carbocycles. The van der Waals surface area contributed by atoms with E-state index in [-0.39, 0.29) is 24.4 Å². The van der Waals surface area contributed by atoms with Crippen LogP contribution in [0.3, 0.4) is 0 Å². The van der Waals surface area contributed by atoms with Crippen molar-refractivity contribution in [3.05, 3.63) is 63.9 Å². The maximum absolute atomic E-state index is 12.5. The second kappa shape index (κ2) is 7.85. The summed E-state index contributed by atoms with van der Waals surface area (Å²) in [5.41, 5.74) is 1.44. The van der Waals surface area contributed by atoms with E-state index in [9.17, 15) is 9.59 Å². The Morgan fingerprint density at radius 1 is 1.16 bits per heavy atom. The first-order valence-electron chi connectivity index (χ1n) is 7.99. The Bertz CT molecular complexity index is 783. The van der Waals surface area contributed by atoms with Crippen molar-refractivity contribution in [3.8, 4) is 0 Å². The number of nitrogens with zero attached hydrogens (tertiary/aromatic N) is 2. The van der Waals surface area contributed by atoms with Crippen molar-refractivity contribution in [3.63, 3.8) is 0 Å². The van der Waals surface area contributed by atoms with Gasteiger partial charge in [0.2, 0.25) is 5.91 Å². The molecule has 0 unspecified atom stereocenters. The average molecular weight is 378 g/mol. The highest BCUT2D eigenvalue weighted by atomic mass is 35.5. The zero-order valence-electron chi connectivity index (χ0n) is 13.4. The number of carbonyl (C=O) groups excluding carboxylic acids is 2. The number of aromatic nitrogens is 1. The second-order valence-corrected chi connectivity index (χ2v) is 6.65. The zero-order valence-corrected chi connectivity index (χ0v) is 14.9. The molecule has 2 amide bonds.